The van der Waals surface area contributed by atoms with Gasteiger partial charge < -0.3 is 10.5 Å². The molecular weight excluding hydrogens is 389 g/mol. The molecule has 4 nitrogen and oxygen atoms in total. The van der Waals surface area contributed by atoms with Gasteiger partial charge in [0.05, 0.1) is 5.52 Å². The molecule has 0 amide bonds. The van der Waals surface area contributed by atoms with Crippen LogP contribution in [0.25, 0.3) is 34.3 Å². The first-order valence-electron chi connectivity index (χ1n) is 10.6. The molecule has 5 heteroatoms. The highest BCUT2D eigenvalue weighted by Crippen LogP contribution is 2.33. The Morgan fingerprint density at radius 1 is 0.935 bits per heavy atom. The summed E-state index contributed by atoms with van der Waals surface area (Å²) in [6.07, 6.45) is 7.22. The molecule has 0 spiro atoms. The zero-order valence-electron chi connectivity index (χ0n) is 17.2. The van der Waals surface area contributed by atoms with E-state index in [0.717, 1.165) is 64.8 Å². The summed E-state index contributed by atoms with van der Waals surface area (Å²) in [5.41, 5.74) is 11.4. The predicted octanol–water partition coefficient (Wildman–Crippen LogP) is 6.29. The van der Waals surface area contributed by atoms with Gasteiger partial charge in [-0.3, -0.25) is 0 Å². The van der Waals surface area contributed by atoms with Crippen molar-refractivity contribution < 1.29 is 9.13 Å². The van der Waals surface area contributed by atoms with Crippen LogP contribution in [0.4, 0.5) is 10.1 Å². The van der Waals surface area contributed by atoms with Crippen molar-refractivity contribution in [3.8, 4) is 11.3 Å². The van der Waals surface area contributed by atoms with Gasteiger partial charge in [0.25, 0.3) is 0 Å². The van der Waals surface area contributed by atoms with E-state index in [0.29, 0.717) is 0 Å². The second-order valence-corrected chi connectivity index (χ2v) is 7.90. The Balaban J connectivity index is 1.58. The summed E-state index contributed by atoms with van der Waals surface area (Å²) in [6.45, 7) is 0.750. The van der Waals surface area contributed by atoms with Gasteiger partial charge in [0.15, 0.2) is 6.23 Å². The highest BCUT2D eigenvalue weighted by molar-refractivity contribution is 5.95. The molecule has 3 aromatic carbocycles. The number of hydrogen-bond acceptors (Lipinski definition) is 3. The van der Waals surface area contributed by atoms with Crippen LogP contribution in [0.15, 0.2) is 66.7 Å². The first kappa shape index (κ1) is 19.5. The normalized spacial score (nSPS) is 16.9. The molecule has 4 aromatic rings. The zero-order valence-corrected chi connectivity index (χ0v) is 17.2. The first-order chi connectivity index (χ1) is 15.2. The van der Waals surface area contributed by atoms with Crippen molar-refractivity contribution in [3.05, 3.63) is 83.7 Å². The monoisotopic (exact) mass is 413 g/mol. The van der Waals surface area contributed by atoms with Gasteiger partial charge in [0, 0.05) is 23.2 Å². The molecule has 31 heavy (non-hydrogen) atoms. The predicted molar refractivity (Wildman–Crippen MR) is 124 cm³/mol. The van der Waals surface area contributed by atoms with Gasteiger partial charge in [0.1, 0.15) is 11.5 Å². The lowest BCUT2D eigenvalue weighted by molar-refractivity contribution is -0.0365. The molecule has 1 aromatic heterocycles. The van der Waals surface area contributed by atoms with Gasteiger partial charge in [0.2, 0.25) is 0 Å². The fourth-order valence-corrected chi connectivity index (χ4v) is 4.02. The minimum absolute atomic E-state index is 0.0679. The molecule has 1 saturated heterocycles. The Morgan fingerprint density at radius 2 is 1.68 bits per heavy atom. The second kappa shape index (κ2) is 8.36. The Kier molecular flexibility index (Phi) is 5.26. The number of anilines is 1. The number of rotatable bonds is 4. The van der Waals surface area contributed by atoms with Crippen LogP contribution in [0, 0.1) is 5.82 Å². The minimum Gasteiger partial charge on any atom is -0.399 e. The van der Waals surface area contributed by atoms with E-state index in [-0.39, 0.29) is 12.0 Å². The van der Waals surface area contributed by atoms with Crippen LogP contribution in [0.1, 0.15) is 36.6 Å². The number of benzene rings is 3. The molecule has 1 unspecified atom stereocenters. The molecule has 0 saturated carbocycles. The fraction of sp³-hybridized carbons (Fsp3) is 0.192. The van der Waals surface area contributed by atoms with E-state index in [1.807, 2.05) is 28.9 Å². The Hall–Kier alpha value is -3.44. The number of ether oxygens (including phenoxy) is 1. The van der Waals surface area contributed by atoms with Crippen molar-refractivity contribution in [3.63, 3.8) is 0 Å². The lowest BCUT2D eigenvalue weighted by Crippen LogP contribution is -2.19. The number of nitrogens with two attached hydrogens (primary N) is 1. The summed E-state index contributed by atoms with van der Waals surface area (Å²) in [5, 5.41) is 5.94. The zero-order chi connectivity index (χ0) is 21.2. The van der Waals surface area contributed by atoms with E-state index in [2.05, 4.69) is 30.4 Å². The average Bonchev–Trinajstić information content (AvgIpc) is 3.19. The number of hydrogen-bond donors (Lipinski definition) is 1. The van der Waals surface area contributed by atoms with E-state index < -0.39 is 0 Å². The smallest absolute Gasteiger partial charge is 0.150 e. The molecule has 1 atom stereocenters. The molecule has 1 aliphatic heterocycles. The standard InChI is InChI=1S/C26H24FN3O/c27-21-11-9-20(10-12-21)26-23-17-19(5-4-18-6-13-22(28)14-7-18)8-15-24(23)30(29-26)25-3-1-2-16-31-25/h4-15,17,25H,1-3,16,28H2/b5-4+. The van der Waals surface area contributed by atoms with Gasteiger partial charge in [-0.1, -0.05) is 30.4 Å². The molecule has 156 valence electrons. The fourth-order valence-electron chi connectivity index (χ4n) is 4.02. The summed E-state index contributed by atoms with van der Waals surface area (Å²) in [4.78, 5) is 0. The lowest BCUT2D eigenvalue weighted by atomic mass is 10.0. The third kappa shape index (κ3) is 4.09. The third-order valence-corrected chi connectivity index (χ3v) is 5.68. The van der Waals surface area contributed by atoms with Gasteiger partial charge in [-0.05, 0) is 78.9 Å². The van der Waals surface area contributed by atoms with Gasteiger partial charge in [-0.2, -0.15) is 5.10 Å². The SMILES string of the molecule is Nc1ccc(/C=C/c2ccc3c(c2)c(-c2ccc(F)cc2)nn3C2CCCCO2)cc1. The molecular formula is C26H24FN3O. The van der Waals surface area contributed by atoms with Crippen molar-refractivity contribution in [2.75, 3.05) is 12.3 Å². The highest BCUT2D eigenvalue weighted by Gasteiger charge is 2.21. The van der Waals surface area contributed by atoms with Gasteiger partial charge in [-0.15, -0.1) is 0 Å². The molecule has 0 bridgehead atoms. The lowest BCUT2D eigenvalue weighted by Gasteiger charge is -2.23. The van der Waals surface area contributed by atoms with Gasteiger partial charge in [-0.25, -0.2) is 9.07 Å². The van der Waals surface area contributed by atoms with Crippen LogP contribution in [0.2, 0.25) is 0 Å². The number of fused-ring (bicyclic) bond motifs is 1. The van der Waals surface area contributed by atoms with Crippen molar-refractivity contribution in [1.82, 2.24) is 9.78 Å². The summed E-state index contributed by atoms with van der Waals surface area (Å²) in [6, 6.07) is 20.6. The van der Waals surface area contributed by atoms with E-state index >= 15 is 0 Å². The van der Waals surface area contributed by atoms with E-state index in [4.69, 9.17) is 15.6 Å². The van der Waals surface area contributed by atoms with Crippen LogP contribution in [-0.4, -0.2) is 16.4 Å². The average molecular weight is 413 g/mol. The van der Waals surface area contributed by atoms with Crippen LogP contribution < -0.4 is 5.73 Å². The molecule has 2 heterocycles. The highest BCUT2D eigenvalue weighted by atomic mass is 19.1. The van der Waals surface area contributed by atoms with Crippen molar-refractivity contribution in [2.45, 2.75) is 25.5 Å². The maximum absolute atomic E-state index is 13.5. The maximum Gasteiger partial charge on any atom is 0.150 e. The van der Waals surface area contributed by atoms with E-state index in [9.17, 15) is 4.39 Å². The molecule has 1 aliphatic rings. The number of halogens is 1. The quantitative estimate of drug-likeness (QED) is 0.316. The van der Waals surface area contributed by atoms with Crippen molar-refractivity contribution in [1.29, 1.82) is 0 Å². The molecule has 0 aliphatic carbocycles. The Morgan fingerprint density at radius 3 is 2.42 bits per heavy atom. The van der Waals surface area contributed by atoms with E-state index in [1.165, 1.54) is 12.1 Å². The summed E-state index contributed by atoms with van der Waals surface area (Å²) in [5.74, 6) is -0.254. The molecule has 2 N–H and O–H groups in total. The maximum atomic E-state index is 13.5. The van der Waals surface area contributed by atoms with Crippen LogP contribution >= 0.6 is 0 Å². The van der Waals surface area contributed by atoms with Crippen molar-refractivity contribution >= 4 is 28.7 Å². The van der Waals surface area contributed by atoms with Crippen molar-refractivity contribution in [2.24, 2.45) is 0 Å². The van der Waals surface area contributed by atoms with E-state index in [1.54, 1.807) is 12.1 Å². The topological polar surface area (TPSA) is 53.1 Å². The summed E-state index contributed by atoms with van der Waals surface area (Å²) < 4.78 is 21.5. The summed E-state index contributed by atoms with van der Waals surface area (Å²) >= 11 is 0. The molecule has 1 fully saturated rings. The van der Waals surface area contributed by atoms with Crippen LogP contribution in [0.3, 0.4) is 0 Å². The second-order valence-electron chi connectivity index (χ2n) is 7.90. The summed E-state index contributed by atoms with van der Waals surface area (Å²) in [7, 11) is 0. The third-order valence-electron chi connectivity index (χ3n) is 5.68. The number of aromatic nitrogens is 2. The van der Waals surface area contributed by atoms with Crippen LogP contribution in [-0.2, 0) is 4.74 Å². The molecule has 0 radical (unpaired) electrons. The Bertz CT molecular complexity index is 1220. The number of nitrogens with zero attached hydrogens (tertiary/aromatic N) is 2. The van der Waals surface area contributed by atoms with Gasteiger partial charge >= 0.3 is 0 Å². The number of nitrogen functional groups attached to an aromatic ring is 1. The largest absolute Gasteiger partial charge is 0.399 e. The van der Waals surface area contributed by atoms with Crippen LogP contribution in [0.5, 0.6) is 0 Å². The molecule has 5 rings (SSSR count). The Labute approximate surface area is 180 Å². The first-order valence-corrected chi connectivity index (χ1v) is 10.6. The minimum atomic E-state index is -0.254.